The highest BCUT2D eigenvalue weighted by molar-refractivity contribution is 6.07. The van der Waals surface area contributed by atoms with E-state index in [9.17, 15) is 4.79 Å². The van der Waals surface area contributed by atoms with Crippen molar-refractivity contribution in [2.24, 2.45) is 0 Å². The van der Waals surface area contributed by atoms with Crippen LogP contribution in [-0.2, 0) is 20.8 Å². The molecule has 1 aliphatic heterocycles. The number of carbonyl (C=O) groups excluding carboxylic acids is 1. The van der Waals surface area contributed by atoms with Gasteiger partial charge in [-0.2, -0.15) is 0 Å². The molecule has 1 atom stereocenters. The minimum absolute atomic E-state index is 0.384. The number of benzene rings is 2. The number of anilines is 1. The predicted octanol–water partition coefficient (Wildman–Crippen LogP) is 5.69. The Balaban J connectivity index is 2.12. The molecule has 0 saturated heterocycles. The van der Waals surface area contributed by atoms with E-state index in [0.717, 1.165) is 46.4 Å². The monoisotopic (exact) mass is 420 g/mol. The molecular formula is C26H32N2O3. The van der Waals surface area contributed by atoms with E-state index < -0.39 is 11.7 Å². The van der Waals surface area contributed by atoms with Crippen LogP contribution in [-0.4, -0.2) is 29.8 Å². The number of hydrogen-bond donors (Lipinski definition) is 1. The lowest BCUT2D eigenvalue weighted by Gasteiger charge is -2.31. The molecule has 2 aromatic carbocycles. The third-order valence-corrected chi connectivity index (χ3v) is 5.98. The van der Waals surface area contributed by atoms with Crippen molar-refractivity contribution in [1.82, 2.24) is 4.57 Å². The van der Waals surface area contributed by atoms with Gasteiger partial charge in [0.25, 0.3) is 0 Å². The lowest BCUT2D eigenvalue weighted by Crippen LogP contribution is -2.29. The number of methoxy groups -OCH3 is 1. The SMILES string of the molecule is COC(=O)[C@@H](OC(C)(C)C)c1c(C)c2c3c(cc(C)n3CCN2)c1-c1ccc(C)cc1. The number of aromatic nitrogens is 1. The van der Waals surface area contributed by atoms with E-state index in [-0.39, 0.29) is 5.97 Å². The van der Waals surface area contributed by atoms with Gasteiger partial charge in [0.05, 0.1) is 23.9 Å². The molecule has 0 bridgehead atoms. The topological polar surface area (TPSA) is 52.5 Å². The van der Waals surface area contributed by atoms with Gasteiger partial charge in [0.2, 0.25) is 0 Å². The van der Waals surface area contributed by atoms with Gasteiger partial charge in [0.15, 0.2) is 6.10 Å². The molecule has 0 saturated carbocycles. The molecule has 0 amide bonds. The fraction of sp³-hybridized carbons (Fsp3) is 0.423. The van der Waals surface area contributed by atoms with E-state index in [1.807, 2.05) is 20.8 Å². The minimum atomic E-state index is -0.825. The Morgan fingerprint density at radius 1 is 1.13 bits per heavy atom. The van der Waals surface area contributed by atoms with Crippen molar-refractivity contribution < 1.29 is 14.3 Å². The molecule has 1 N–H and O–H groups in total. The number of ether oxygens (including phenoxy) is 2. The maximum Gasteiger partial charge on any atom is 0.339 e. The lowest BCUT2D eigenvalue weighted by atomic mass is 9.87. The summed E-state index contributed by atoms with van der Waals surface area (Å²) in [5, 5.41) is 4.72. The number of hydrogen-bond acceptors (Lipinski definition) is 4. The van der Waals surface area contributed by atoms with Gasteiger partial charge in [-0.3, -0.25) is 0 Å². The summed E-state index contributed by atoms with van der Waals surface area (Å²) < 4.78 is 13.9. The standard InChI is InChI=1S/C26H32N2O3/c1-15-8-10-18(11-9-15)21-19-14-16(2)28-13-12-27-22(23(19)28)17(3)20(21)24(25(29)30-7)31-26(4,5)6/h8-11,14,24,27H,12-13H2,1-7H3/t24-/m0/s1. The van der Waals surface area contributed by atoms with Crippen LogP contribution in [0.2, 0.25) is 0 Å². The molecule has 0 radical (unpaired) electrons. The predicted molar refractivity (Wildman–Crippen MR) is 126 cm³/mol. The molecule has 1 aliphatic rings. The van der Waals surface area contributed by atoms with Crippen molar-refractivity contribution in [1.29, 1.82) is 0 Å². The van der Waals surface area contributed by atoms with Crippen LogP contribution in [0.3, 0.4) is 0 Å². The van der Waals surface area contributed by atoms with E-state index in [1.54, 1.807) is 0 Å². The summed E-state index contributed by atoms with van der Waals surface area (Å²) in [6.07, 6.45) is -0.825. The van der Waals surface area contributed by atoms with E-state index in [0.29, 0.717) is 0 Å². The summed E-state index contributed by atoms with van der Waals surface area (Å²) in [5.74, 6) is -0.384. The maximum absolute atomic E-state index is 13.0. The van der Waals surface area contributed by atoms with Gasteiger partial charge < -0.3 is 19.4 Å². The van der Waals surface area contributed by atoms with Crippen LogP contribution < -0.4 is 5.32 Å². The van der Waals surface area contributed by atoms with Crippen LogP contribution in [0.15, 0.2) is 30.3 Å². The Labute approximate surface area is 184 Å². The number of nitrogens with one attached hydrogen (secondary N) is 1. The van der Waals surface area contributed by atoms with Crippen molar-refractivity contribution >= 4 is 22.6 Å². The Kier molecular flexibility index (Phi) is 5.34. The van der Waals surface area contributed by atoms with Crippen molar-refractivity contribution in [2.75, 3.05) is 19.0 Å². The van der Waals surface area contributed by atoms with Crippen LogP contribution in [0, 0.1) is 20.8 Å². The first-order chi connectivity index (χ1) is 14.6. The molecule has 0 fully saturated rings. The van der Waals surface area contributed by atoms with Gasteiger partial charge in [0, 0.05) is 29.7 Å². The normalized spacial score (nSPS) is 14.4. The first-order valence-corrected chi connectivity index (χ1v) is 10.8. The summed E-state index contributed by atoms with van der Waals surface area (Å²) in [4.78, 5) is 13.0. The second kappa shape index (κ2) is 7.72. The van der Waals surface area contributed by atoms with Crippen molar-refractivity contribution in [2.45, 2.75) is 59.8 Å². The molecule has 5 nitrogen and oxygen atoms in total. The van der Waals surface area contributed by atoms with E-state index >= 15 is 0 Å². The van der Waals surface area contributed by atoms with Gasteiger partial charge in [0.1, 0.15) is 0 Å². The Morgan fingerprint density at radius 3 is 2.42 bits per heavy atom. The number of rotatable bonds is 4. The Hall–Kier alpha value is -2.79. The molecule has 3 aromatic rings. The fourth-order valence-corrected chi connectivity index (χ4v) is 4.62. The Morgan fingerprint density at radius 2 is 1.81 bits per heavy atom. The molecule has 31 heavy (non-hydrogen) atoms. The summed E-state index contributed by atoms with van der Waals surface area (Å²) in [5.41, 5.74) is 8.19. The van der Waals surface area contributed by atoms with Crippen molar-refractivity contribution in [3.05, 3.63) is 52.7 Å². The van der Waals surface area contributed by atoms with Gasteiger partial charge in [-0.05, 0) is 64.3 Å². The van der Waals surface area contributed by atoms with Gasteiger partial charge in [-0.1, -0.05) is 29.8 Å². The van der Waals surface area contributed by atoms with E-state index in [4.69, 9.17) is 9.47 Å². The molecule has 164 valence electrons. The zero-order chi connectivity index (χ0) is 22.5. The van der Waals surface area contributed by atoms with Crippen LogP contribution in [0.4, 0.5) is 5.69 Å². The zero-order valence-corrected chi connectivity index (χ0v) is 19.6. The number of aryl methyl sites for hydroxylation is 2. The third-order valence-electron chi connectivity index (χ3n) is 5.98. The lowest BCUT2D eigenvalue weighted by molar-refractivity contribution is -0.164. The number of carbonyl (C=O) groups is 1. The largest absolute Gasteiger partial charge is 0.467 e. The molecule has 0 spiro atoms. The minimum Gasteiger partial charge on any atom is -0.467 e. The molecule has 4 rings (SSSR count). The molecule has 0 aliphatic carbocycles. The average molecular weight is 421 g/mol. The van der Waals surface area contributed by atoms with Crippen LogP contribution in [0.5, 0.6) is 0 Å². The highest BCUT2D eigenvalue weighted by Gasteiger charge is 2.35. The maximum atomic E-state index is 13.0. The van der Waals surface area contributed by atoms with E-state index in [2.05, 4.69) is 61.0 Å². The van der Waals surface area contributed by atoms with Gasteiger partial charge in [-0.25, -0.2) is 4.79 Å². The summed E-state index contributed by atoms with van der Waals surface area (Å²) >= 11 is 0. The quantitative estimate of drug-likeness (QED) is 0.551. The van der Waals surface area contributed by atoms with Crippen LogP contribution >= 0.6 is 0 Å². The van der Waals surface area contributed by atoms with Crippen molar-refractivity contribution in [3.63, 3.8) is 0 Å². The zero-order valence-electron chi connectivity index (χ0n) is 19.6. The molecule has 5 heteroatoms. The summed E-state index contributed by atoms with van der Waals surface area (Å²) in [7, 11) is 1.42. The number of esters is 1. The third kappa shape index (κ3) is 3.72. The van der Waals surface area contributed by atoms with Crippen LogP contribution in [0.25, 0.3) is 22.0 Å². The highest BCUT2D eigenvalue weighted by Crippen LogP contribution is 2.46. The smallest absolute Gasteiger partial charge is 0.339 e. The van der Waals surface area contributed by atoms with Crippen LogP contribution in [0.1, 0.15) is 49.3 Å². The first-order valence-electron chi connectivity index (χ1n) is 10.8. The summed E-state index contributed by atoms with van der Waals surface area (Å²) in [6.45, 7) is 14.0. The average Bonchev–Trinajstić information content (AvgIpc) is 3.06. The van der Waals surface area contributed by atoms with E-state index in [1.165, 1.54) is 23.9 Å². The highest BCUT2D eigenvalue weighted by atomic mass is 16.6. The second-order valence-electron chi connectivity index (χ2n) is 9.41. The molecule has 2 heterocycles. The Bertz CT molecular complexity index is 1150. The fourth-order valence-electron chi connectivity index (χ4n) is 4.62. The molecule has 1 aromatic heterocycles. The molecule has 0 unspecified atom stereocenters. The van der Waals surface area contributed by atoms with Gasteiger partial charge >= 0.3 is 5.97 Å². The van der Waals surface area contributed by atoms with Gasteiger partial charge in [-0.15, -0.1) is 0 Å². The van der Waals surface area contributed by atoms with Crippen molar-refractivity contribution in [3.8, 4) is 11.1 Å². The number of nitrogens with zero attached hydrogens (tertiary/aromatic N) is 1. The summed E-state index contributed by atoms with van der Waals surface area (Å²) in [6, 6.07) is 10.7. The molecular weight excluding hydrogens is 388 g/mol. The second-order valence-corrected chi connectivity index (χ2v) is 9.41. The first kappa shape index (κ1) is 21.4.